The van der Waals surface area contributed by atoms with Crippen LogP contribution in [0.4, 0.5) is 0 Å². The van der Waals surface area contributed by atoms with Crippen LogP contribution in [0.5, 0.6) is 0 Å². The summed E-state index contributed by atoms with van der Waals surface area (Å²) in [4.78, 5) is 0. The second kappa shape index (κ2) is 4.16. The Bertz CT molecular complexity index is 96.2. The average Bonchev–Trinajstić information content (AvgIpc) is 1.55. The van der Waals surface area contributed by atoms with Crippen molar-refractivity contribution in [3.05, 3.63) is 0 Å². The fraction of sp³-hybridized carbons (Fsp3) is 1.00. The van der Waals surface area contributed by atoms with Gasteiger partial charge in [0, 0.05) is 0 Å². The van der Waals surface area contributed by atoms with Crippen LogP contribution in [0.2, 0.25) is 0 Å². The first kappa shape index (κ1) is 11.8. The van der Waals surface area contributed by atoms with Crippen molar-refractivity contribution in [1.29, 1.82) is 0 Å². The van der Waals surface area contributed by atoms with E-state index in [2.05, 4.69) is 48.1 Å². The Balaban J connectivity index is 3.44. The van der Waals surface area contributed by atoms with Gasteiger partial charge in [-0.05, 0) is 0 Å². The van der Waals surface area contributed by atoms with Gasteiger partial charge in [0.15, 0.2) is 0 Å². The van der Waals surface area contributed by atoms with Gasteiger partial charge in [0.05, 0.1) is 0 Å². The molecule has 0 aliphatic heterocycles. The molecule has 0 rings (SSSR count). The molecule has 0 spiro atoms. The fourth-order valence-electron chi connectivity index (χ4n) is 0.406. The van der Waals surface area contributed by atoms with Crippen molar-refractivity contribution in [1.82, 2.24) is 6.52 Å². The van der Waals surface area contributed by atoms with E-state index in [0.717, 1.165) is 0 Å². The van der Waals surface area contributed by atoms with E-state index in [9.17, 15) is 0 Å². The van der Waals surface area contributed by atoms with Crippen LogP contribution in [-0.4, -0.2) is 11.1 Å². The van der Waals surface area contributed by atoms with Gasteiger partial charge in [0.25, 0.3) is 0 Å². The van der Waals surface area contributed by atoms with Crippen LogP contribution >= 0.6 is 0 Å². The topological polar surface area (TPSA) is 24.1 Å². The normalized spacial score (nSPS) is 13.3. The zero-order valence-corrected chi connectivity index (χ0v) is 11.0. The van der Waals surface area contributed by atoms with Gasteiger partial charge in [-0.2, -0.15) is 0 Å². The maximum atomic E-state index is 3.54. The molecule has 0 atom stereocenters. The average molecular weight is 235 g/mol. The summed E-state index contributed by atoms with van der Waals surface area (Å²) in [5.74, 6) is 0. The molecule has 0 amide bonds. The van der Waals surface area contributed by atoms with E-state index >= 15 is 0 Å². The fourth-order valence-corrected chi connectivity index (χ4v) is 2.40. The molecule has 0 bridgehead atoms. The standard InChI is InChI=1S/2C4H10N.Zr/c2*1-4(2,3)5;/h2*5H,1-3H3;/q2*-1;+2. The molecule has 0 aliphatic rings. The van der Waals surface area contributed by atoms with E-state index in [1.165, 1.54) is 0 Å². The Kier molecular flexibility index (Phi) is 4.46. The minimum absolute atomic E-state index is 0.282. The van der Waals surface area contributed by atoms with Crippen LogP contribution in [0.1, 0.15) is 41.5 Å². The molecule has 0 aromatic rings. The van der Waals surface area contributed by atoms with Crippen LogP contribution in [0.15, 0.2) is 0 Å². The summed E-state index contributed by atoms with van der Waals surface area (Å²) in [6, 6.07) is 0. The second-order valence-corrected chi connectivity index (χ2v) is 6.72. The molecule has 11 heavy (non-hydrogen) atoms. The quantitative estimate of drug-likeness (QED) is 0.761. The SMILES string of the molecule is CC(C)(C)[NH][Zr][NH]C(C)(C)C. The molecule has 0 aromatic heterocycles. The summed E-state index contributed by atoms with van der Waals surface area (Å²) in [6.07, 6.45) is 0. The molecule has 0 aromatic carbocycles. The van der Waals surface area contributed by atoms with E-state index in [1.807, 2.05) is 0 Å². The Morgan fingerprint density at radius 1 is 0.727 bits per heavy atom. The molecule has 0 aliphatic carbocycles. The molecule has 3 heteroatoms. The minimum atomic E-state index is -0.558. The molecule has 0 radical (unpaired) electrons. The van der Waals surface area contributed by atoms with Crippen molar-refractivity contribution in [2.45, 2.75) is 52.6 Å². The van der Waals surface area contributed by atoms with E-state index in [-0.39, 0.29) is 11.1 Å². The van der Waals surface area contributed by atoms with Gasteiger partial charge < -0.3 is 0 Å². The predicted molar refractivity (Wildman–Crippen MR) is 45.8 cm³/mol. The Morgan fingerprint density at radius 2 is 1.00 bits per heavy atom. The Labute approximate surface area is 82.9 Å². The molecular weight excluding hydrogens is 215 g/mol. The Hall–Kier alpha value is 0.803. The summed E-state index contributed by atoms with van der Waals surface area (Å²) >= 11 is -0.558. The molecule has 0 saturated heterocycles. The maximum absolute atomic E-state index is 3.54. The molecular formula is C8H20N2Zr. The Morgan fingerprint density at radius 3 is 1.18 bits per heavy atom. The number of rotatable bonds is 2. The second-order valence-electron chi connectivity index (χ2n) is 4.88. The van der Waals surface area contributed by atoms with Gasteiger partial charge in [-0.3, -0.25) is 0 Å². The monoisotopic (exact) mass is 234 g/mol. The number of nitrogens with one attached hydrogen (secondary N) is 2. The summed E-state index contributed by atoms with van der Waals surface area (Å²) < 4.78 is 7.07. The molecule has 0 saturated carbocycles. The summed E-state index contributed by atoms with van der Waals surface area (Å²) in [5, 5.41) is 0. The van der Waals surface area contributed by atoms with Crippen LogP contribution in [0.25, 0.3) is 0 Å². The van der Waals surface area contributed by atoms with Crippen LogP contribution in [-0.2, 0) is 23.8 Å². The van der Waals surface area contributed by atoms with Gasteiger partial charge in [-0.25, -0.2) is 0 Å². The van der Waals surface area contributed by atoms with Crippen molar-refractivity contribution in [3.63, 3.8) is 0 Å². The summed E-state index contributed by atoms with van der Waals surface area (Å²) in [6.45, 7) is 13.2. The third kappa shape index (κ3) is 10.8. The zero-order chi connectivity index (χ0) is 9.12. The first-order valence-corrected chi connectivity index (χ1v) is 6.46. The first-order chi connectivity index (χ1) is 4.71. The van der Waals surface area contributed by atoms with Crippen molar-refractivity contribution < 1.29 is 23.8 Å². The first-order valence-electron chi connectivity index (χ1n) is 4.00. The van der Waals surface area contributed by atoms with E-state index < -0.39 is 23.8 Å². The van der Waals surface area contributed by atoms with Crippen LogP contribution < -0.4 is 6.52 Å². The number of hydrogen-bond acceptors (Lipinski definition) is 2. The molecule has 0 heterocycles. The van der Waals surface area contributed by atoms with Gasteiger partial charge in [0.1, 0.15) is 0 Å². The van der Waals surface area contributed by atoms with Crippen molar-refractivity contribution >= 4 is 0 Å². The molecule has 0 fully saturated rings. The molecule has 0 unspecified atom stereocenters. The van der Waals surface area contributed by atoms with E-state index in [4.69, 9.17) is 0 Å². The van der Waals surface area contributed by atoms with Crippen molar-refractivity contribution in [3.8, 4) is 0 Å². The van der Waals surface area contributed by atoms with Crippen LogP contribution in [0, 0.1) is 0 Å². The van der Waals surface area contributed by atoms with Gasteiger partial charge in [-0.1, -0.05) is 0 Å². The van der Waals surface area contributed by atoms with E-state index in [0.29, 0.717) is 0 Å². The molecule has 2 N–H and O–H groups in total. The van der Waals surface area contributed by atoms with Crippen molar-refractivity contribution in [2.75, 3.05) is 0 Å². The summed E-state index contributed by atoms with van der Waals surface area (Å²) in [7, 11) is 0. The molecule has 2 nitrogen and oxygen atoms in total. The predicted octanol–water partition coefficient (Wildman–Crippen LogP) is 1.68. The zero-order valence-electron chi connectivity index (χ0n) is 8.50. The summed E-state index contributed by atoms with van der Waals surface area (Å²) in [5.41, 5.74) is 0.564. The number of hydrogen-bond donors (Lipinski definition) is 2. The third-order valence-electron chi connectivity index (χ3n) is 0.875. The van der Waals surface area contributed by atoms with Crippen molar-refractivity contribution in [2.24, 2.45) is 0 Å². The van der Waals surface area contributed by atoms with Crippen LogP contribution in [0.3, 0.4) is 0 Å². The molecule has 66 valence electrons. The van der Waals surface area contributed by atoms with Gasteiger partial charge in [0.2, 0.25) is 0 Å². The van der Waals surface area contributed by atoms with Gasteiger partial charge >= 0.3 is 83.0 Å². The van der Waals surface area contributed by atoms with E-state index in [1.54, 1.807) is 0 Å². The van der Waals surface area contributed by atoms with Gasteiger partial charge in [-0.15, -0.1) is 0 Å². The third-order valence-corrected chi connectivity index (χ3v) is 5.18.